The van der Waals surface area contributed by atoms with E-state index in [2.05, 4.69) is 55.5 Å². The molecule has 1 amide bonds. The Morgan fingerprint density at radius 3 is 2.59 bits per heavy atom. The number of pyridine rings is 1. The Labute approximate surface area is 190 Å². The van der Waals surface area contributed by atoms with Gasteiger partial charge in [0.1, 0.15) is 0 Å². The van der Waals surface area contributed by atoms with Crippen LogP contribution in [0.2, 0.25) is 0 Å². The number of hydrogen-bond acceptors (Lipinski definition) is 6. The fourth-order valence-electron chi connectivity index (χ4n) is 5.24. The molecule has 2 N–H and O–H groups in total. The largest absolute Gasteiger partial charge is 0.370 e. The number of amides is 1. The van der Waals surface area contributed by atoms with E-state index in [0.717, 1.165) is 43.5 Å². The molecule has 1 saturated heterocycles. The molecular weight excluding hydrogens is 402 g/mol. The van der Waals surface area contributed by atoms with E-state index in [0.29, 0.717) is 18.2 Å². The van der Waals surface area contributed by atoms with Crippen LogP contribution in [0.5, 0.6) is 0 Å². The lowest BCUT2D eigenvalue weighted by Gasteiger charge is -2.45. The Hall–Kier alpha value is -2.72. The van der Waals surface area contributed by atoms with Gasteiger partial charge in [-0.3, -0.25) is 9.78 Å². The third-order valence-electron chi connectivity index (χ3n) is 6.32. The molecule has 2 aliphatic heterocycles. The number of ether oxygens (including phenoxy) is 1. The molecule has 7 nitrogen and oxygen atoms in total. The zero-order valence-electron chi connectivity index (χ0n) is 19.5. The summed E-state index contributed by atoms with van der Waals surface area (Å²) >= 11 is 0. The Morgan fingerprint density at radius 1 is 1.22 bits per heavy atom. The molecule has 0 aromatic carbocycles. The first-order valence-corrected chi connectivity index (χ1v) is 11.6. The summed E-state index contributed by atoms with van der Waals surface area (Å²) in [6.45, 7) is 8.94. The summed E-state index contributed by atoms with van der Waals surface area (Å²) < 4.78 is 6.27. The molecule has 0 radical (unpaired) electrons. The predicted molar refractivity (Wildman–Crippen MR) is 125 cm³/mol. The standard InChI is InChI=1S/C25H33N5O2/c1-24(2)12-17(13-25(3,4)32-24)19-10-11-20(21(29-19)16-8-6-5-7-9-16)30-23(31)22-27-15-18(14-26)28-22/h8,10-11,17-18H,5-7,9,12-13,15H2,1-4H3,(H,27,28)(H,30,31). The monoisotopic (exact) mass is 435 g/mol. The molecule has 7 heteroatoms. The number of rotatable bonds is 4. The number of nitriles is 1. The fraction of sp³-hybridized carbons (Fsp3) is 0.600. The molecule has 0 saturated carbocycles. The first-order chi connectivity index (χ1) is 15.2. The molecule has 32 heavy (non-hydrogen) atoms. The molecule has 170 valence electrons. The molecule has 1 atom stereocenters. The summed E-state index contributed by atoms with van der Waals surface area (Å²) in [7, 11) is 0. The molecule has 1 aromatic rings. The van der Waals surface area contributed by atoms with Crippen molar-refractivity contribution in [3.8, 4) is 6.07 Å². The number of carbonyl (C=O) groups is 1. The van der Waals surface area contributed by atoms with E-state index < -0.39 is 6.04 Å². The first kappa shape index (κ1) is 22.5. The van der Waals surface area contributed by atoms with Crippen LogP contribution in [0.3, 0.4) is 0 Å². The van der Waals surface area contributed by atoms with E-state index in [9.17, 15) is 4.79 Å². The number of allylic oxidation sites excluding steroid dienone is 2. The van der Waals surface area contributed by atoms with Gasteiger partial charge in [0, 0.05) is 11.6 Å². The van der Waals surface area contributed by atoms with E-state index in [1.54, 1.807) is 0 Å². The minimum Gasteiger partial charge on any atom is -0.370 e. The smallest absolute Gasteiger partial charge is 0.290 e. The van der Waals surface area contributed by atoms with Crippen LogP contribution in [0.1, 0.15) is 83.5 Å². The van der Waals surface area contributed by atoms with Gasteiger partial charge in [0.25, 0.3) is 5.91 Å². The number of aromatic nitrogens is 1. The SMILES string of the molecule is CC1(C)CC(c2ccc(NC(=O)C3=NC(C#N)CN3)c(C3=CCCCC3)n2)CC(C)(C)O1. The number of carbonyl (C=O) groups excluding carboxylic acids is 1. The van der Waals surface area contributed by atoms with E-state index >= 15 is 0 Å². The zero-order valence-corrected chi connectivity index (χ0v) is 19.5. The van der Waals surface area contributed by atoms with Crippen molar-refractivity contribution in [3.63, 3.8) is 0 Å². The maximum atomic E-state index is 12.8. The molecule has 1 fully saturated rings. The topological polar surface area (TPSA) is 99.4 Å². The Morgan fingerprint density at radius 2 is 1.97 bits per heavy atom. The number of aliphatic imine (C=N–C) groups is 1. The maximum Gasteiger partial charge on any atom is 0.290 e. The quantitative estimate of drug-likeness (QED) is 0.734. The number of hydrogen-bond donors (Lipinski definition) is 2. The van der Waals surface area contributed by atoms with Crippen molar-refractivity contribution in [1.29, 1.82) is 5.26 Å². The molecule has 0 bridgehead atoms. The molecule has 0 spiro atoms. The average molecular weight is 436 g/mol. The Balaban J connectivity index is 1.65. The van der Waals surface area contributed by atoms with Crippen LogP contribution in [0.15, 0.2) is 23.2 Å². The van der Waals surface area contributed by atoms with E-state index in [1.165, 1.54) is 12.0 Å². The van der Waals surface area contributed by atoms with Crippen molar-refractivity contribution in [2.24, 2.45) is 4.99 Å². The van der Waals surface area contributed by atoms with Gasteiger partial charge in [-0.1, -0.05) is 6.08 Å². The third-order valence-corrected chi connectivity index (χ3v) is 6.32. The van der Waals surface area contributed by atoms with Crippen molar-refractivity contribution in [2.75, 3.05) is 11.9 Å². The van der Waals surface area contributed by atoms with E-state index in [4.69, 9.17) is 15.0 Å². The lowest BCUT2D eigenvalue weighted by atomic mass is 9.79. The van der Waals surface area contributed by atoms with Crippen molar-refractivity contribution >= 4 is 23.0 Å². The highest BCUT2D eigenvalue weighted by molar-refractivity contribution is 6.42. The number of nitrogens with zero attached hydrogens (tertiary/aromatic N) is 3. The second-order valence-electron chi connectivity index (χ2n) is 10.3. The van der Waals surface area contributed by atoms with Crippen LogP contribution in [0.4, 0.5) is 5.69 Å². The lowest BCUT2D eigenvalue weighted by molar-refractivity contribution is -0.162. The predicted octanol–water partition coefficient (Wildman–Crippen LogP) is 4.32. The van der Waals surface area contributed by atoms with Gasteiger partial charge in [0.05, 0.1) is 35.2 Å². The summed E-state index contributed by atoms with van der Waals surface area (Å²) in [5.74, 6) is 0.166. The van der Waals surface area contributed by atoms with Gasteiger partial charge in [-0.25, -0.2) is 4.99 Å². The van der Waals surface area contributed by atoms with Gasteiger partial charge in [0.2, 0.25) is 0 Å². The normalized spacial score (nSPS) is 24.7. The van der Waals surface area contributed by atoms with Gasteiger partial charge in [-0.2, -0.15) is 5.26 Å². The molecule has 1 unspecified atom stereocenters. The maximum absolute atomic E-state index is 12.8. The van der Waals surface area contributed by atoms with Gasteiger partial charge in [-0.05, 0) is 83.9 Å². The average Bonchev–Trinajstić information content (AvgIpc) is 3.22. The fourth-order valence-corrected chi connectivity index (χ4v) is 5.24. The highest BCUT2D eigenvalue weighted by atomic mass is 16.5. The number of nitrogens with one attached hydrogen (secondary N) is 2. The summed E-state index contributed by atoms with van der Waals surface area (Å²) in [6, 6.07) is 5.56. The summed E-state index contributed by atoms with van der Waals surface area (Å²) in [5.41, 5.74) is 3.37. The molecular formula is C25H33N5O2. The molecule has 3 heterocycles. The van der Waals surface area contributed by atoms with Gasteiger partial charge >= 0.3 is 0 Å². The molecule has 3 aliphatic rings. The van der Waals surface area contributed by atoms with Crippen molar-refractivity contribution < 1.29 is 9.53 Å². The highest BCUT2D eigenvalue weighted by Gasteiger charge is 2.40. The van der Waals surface area contributed by atoms with Crippen molar-refractivity contribution in [1.82, 2.24) is 10.3 Å². The van der Waals surface area contributed by atoms with Crippen LogP contribution < -0.4 is 10.6 Å². The van der Waals surface area contributed by atoms with Crippen LogP contribution in [-0.2, 0) is 9.53 Å². The number of amidine groups is 1. The van der Waals surface area contributed by atoms with Gasteiger partial charge in [0.15, 0.2) is 11.9 Å². The first-order valence-electron chi connectivity index (χ1n) is 11.6. The minimum atomic E-state index is -0.517. The van der Waals surface area contributed by atoms with Crippen LogP contribution in [-0.4, -0.2) is 40.5 Å². The molecule has 4 rings (SSSR count). The summed E-state index contributed by atoms with van der Waals surface area (Å²) in [4.78, 5) is 22.1. The second-order valence-corrected chi connectivity index (χ2v) is 10.3. The Bertz CT molecular complexity index is 986. The minimum absolute atomic E-state index is 0.206. The zero-order chi connectivity index (χ0) is 22.9. The van der Waals surface area contributed by atoms with Gasteiger partial charge in [-0.15, -0.1) is 0 Å². The Kier molecular flexibility index (Phi) is 6.09. The molecule has 1 aromatic heterocycles. The summed E-state index contributed by atoms with van der Waals surface area (Å²) in [5, 5.41) is 15.0. The summed E-state index contributed by atoms with van der Waals surface area (Å²) in [6.07, 6.45) is 8.36. The van der Waals surface area contributed by atoms with Crippen LogP contribution in [0, 0.1) is 11.3 Å². The number of anilines is 1. The third kappa shape index (κ3) is 5.02. The van der Waals surface area contributed by atoms with Crippen LogP contribution >= 0.6 is 0 Å². The van der Waals surface area contributed by atoms with E-state index in [-0.39, 0.29) is 22.9 Å². The van der Waals surface area contributed by atoms with Crippen LogP contribution in [0.25, 0.3) is 5.57 Å². The van der Waals surface area contributed by atoms with Crippen molar-refractivity contribution in [3.05, 3.63) is 29.6 Å². The molecule has 1 aliphatic carbocycles. The highest BCUT2D eigenvalue weighted by Crippen LogP contribution is 2.43. The van der Waals surface area contributed by atoms with Gasteiger partial charge < -0.3 is 15.4 Å². The van der Waals surface area contributed by atoms with Crippen molar-refractivity contribution in [2.45, 2.75) is 89.4 Å². The van der Waals surface area contributed by atoms with E-state index in [1.807, 2.05) is 12.1 Å². The second kappa shape index (κ2) is 8.67. The lowest BCUT2D eigenvalue weighted by Crippen LogP contribution is -2.44.